The molecule has 1 aliphatic heterocycles. The SMILES string of the molecule is CC.CC(=O)Nc1ccc(-c2cccc(-c3cnc(N4CCNCC4)o3)c2O)cc1F. The lowest BCUT2D eigenvalue weighted by atomic mass is 10.00. The van der Waals surface area contributed by atoms with Crippen LogP contribution in [-0.4, -0.2) is 42.2 Å². The van der Waals surface area contributed by atoms with Crippen LogP contribution in [0.1, 0.15) is 20.8 Å². The summed E-state index contributed by atoms with van der Waals surface area (Å²) in [6, 6.07) is 10.1. The summed E-state index contributed by atoms with van der Waals surface area (Å²) < 4.78 is 20.2. The predicted octanol–water partition coefficient (Wildman–Crippen LogP) is 4.25. The predicted molar refractivity (Wildman–Crippen MR) is 120 cm³/mol. The van der Waals surface area contributed by atoms with Gasteiger partial charge >= 0.3 is 0 Å². The van der Waals surface area contributed by atoms with Crippen LogP contribution in [0.15, 0.2) is 47.0 Å². The first-order valence-electron chi connectivity index (χ1n) is 10.3. The topological polar surface area (TPSA) is 90.6 Å². The first kappa shape index (κ1) is 22.3. The Morgan fingerprint density at radius 2 is 1.90 bits per heavy atom. The van der Waals surface area contributed by atoms with E-state index in [1.807, 2.05) is 18.7 Å². The fourth-order valence-electron chi connectivity index (χ4n) is 3.34. The van der Waals surface area contributed by atoms with Gasteiger partial charge < -0.3 is 25.1 Å². The number of halogens is 1. The maximum absolute atomic E-state index is 14.3. The number of hydrogen-bond donors (Lipinski definition) is 3. The summed E-state index contributed by atoms with van der Waals surface area (Å²) in [5, 5.41) is 16.5. The number of benzene rings is 2. The summed E-state index contributed by atoms with van der Waals surface area (Å²) in [7, 11) is 0. The number of rotatable bonds is 4. The Morgan fingerprint density at radius 1 is 1.19 bits per heavy atom. The Labute approximate surface area is 180 Å². The fraction of sp³-hybridized carbons (Fsp3) is 0.304. The Bertz CT molecular complexity index is 1050. The molecule has 0 atom stereocenters. The second kappa shape index (κ2) is 10.1. The molecule has 8 heteroatoms. The molecule has 4 rings (SSSR count). The molecule has 0 aliphatic carbocycles. The first-order chi connectivity index (χ1) is 15.0. The van der Waals surface area contributed by atoms with E-state index < -0.39 is 5.82 Å². The van der Waals surface area contributed by atoms with Crippen molar-refractivity contribution in [1.29, 1.82) is 0 Å². The molecular formula is C23H27FN4O3. The number of phenolic OH excluding ortho intramolecular Hbond substituents is 1. The maximum Gasteiger partial charge on any atom is 0.297 e. The highest BCUT2D eigenvalue weighted by molar-refractivity contribution is 5.89. The molecule has 0 unspecified atom stereocenters. The average molecular weight is 426 g/mol. The molecule has 1 saturated heterocycles. The van der Waals surface area contributed by atoms with Gasteiger partial charge in [0, 0.05) is 38.7 Å². The second-order valence-corrected chi connectivity index (χ2v) is 6.82. The van der Waals surface area contributed by atoms with Crippen molar-refractivity contribution in [2.45, 2.75) is 20.8 Å². The third-order valence-corrected chi connectivity index (χ3v) is 4.77. The molecule has 0 spiro atoms. The van der Waals surface area contributed by atoms with E-state index in [9.17, 15) is 14.3 Å². The molecule has 1 aromatic heterocycles. The van der Waals surface area contributed by atoms with Gasteiger partial charge in [0.15, 0.2) is 5.76 Å². The monoisotopic (exact) mass is 426 g/mol. The van der Waals surface area contributed by atoms with Crippen LogP contribution in [0.3, 0.4) is 0 Å². The van der Waals surface area contributed by atoms with Crippen molar-refractivity contribution >= 4 is 17.6 Å². The normalized spacial score (nSPS) is 13.4. The minimum atomic E-state index is -0.580. The van der Waals surface area contributed by atoms with E-state index in [-0.39, 0.29) is 17.3 Å². The standard InChI is InChI=1S/C21H21FN4O3.C2H6/c1-13(27)25-18-6-5-14(11-17(18)22)15-3-2-4-16(20(15)28)19-12-24-21(29-19)26-9-7-23-8-10-26;1-2/h2-6,11-12,23,28H,7-10H2,1H3,(H,25,27);1-2H3. The molecular weight excluding hydrogens is 399 g/mol. The van der Waals surface area contributed by atoms with E-state index in [1.54, 1.807) is 30.5 Å². The largest absolute Gasteiger partial charge is 0.507 e. The van der Waals surface area contributed by atoms with Gasteiger partial charge in [-0.05, 0) is 23.8 Å². The van der Waals surface area contributed by atoms with Crippen molar-refractivity contribution in [3.05, 3.63) is 48.4 Å². The summed E-state index contributed by atoms with van der Waals surface area (Å²) in [5.74, 6) is -0.523. The number of nitrogens with zero attached hydrogens (tertiary/aromatic N) is 2. The summed E-state index contributed by atoms with van der Waals surface area (Å²) >= 11 is 0. The van der Waals surface area contributed by atoms with Crippen molar-refractivity contribution in [3.63, 3.8) is 0 Å². The van der Waals surface area contributed by atoms with Crippen molar-refractivity contribution in [1.82, 2.24) is 10.3 Å². The van der Waals surface area contributed by atoms with E-state index in [4.69, 9.17) is 4.42 Å². The highest BCUT2D eigenvalue weighted by atomic mass is 19.1. The number of nitrogens with one attached hydrogen (secondary N) is 2. The van der Waals surface area contributed by atoms with Crippen LogP contribution in [0.4, 0.5) is 16.1 Å². The highest BCUT2D eigenvalue weighted by Crippen LogP contribution is 2.39. The molecule has 2 heterocycles. The van der Waals surface area contributed by atoms with Crippen LogP contribution in [0.5, 0.6) is 5.75 Å². The average Bonchev–Trinajstić information content (AvgIpc) is 3.27. The minimum Gasteiger partial charge on any atom is -0.507 e. The molecule has 7 nitrogen and oxygen atoms in total. The number of anilines is 2. The Balaban J connectivity index is 0.00000132. The zero-order valence-electron chi connectivity index (χ0n) is 17.9. The van der Waals surface area contributed by atoms with Crippen molar-refractivity contribution in [2.75, 3.05) is 36.4 Å². The van der Waals surface area contributed by atoms with Gasteiger partial charge in [0.2, 0.25) is 5.91 Å². The second-order valence-electron chi connectivity index (χ2n) is 6.82. The number of para-hydroxylation sites is 1. The third kappa shape index (κ3) is 5.03. The number of oxazole rings is 1. The summed E-state index contributed by atoms with van der Waals surface area (Å²) in [6.45, 7) is 8.63. The first-order valence-corrected chi connectivity index (χ1v) is 10.3. The molecule has 1 aliphatic rings. The number of aromatic hydroxyl groups is 1. The van der Waals surface area contributed by atoms with Crippen LogP contribution in [0.25, 0.3) is 22.5 Å². The molecule has 0 bridgehead atoms. The number of hydrogen-bond acceptors (Lipinski definition) is 6. The van der Waals surface area contributed by atoms with Crippen molar-refractivity contribution in [2.24, 2.45) is 0 Å². The van der Waals surface area contributed by atoms with Gasteiger partial charge in [-0.3, -0.25) is 4.79 Å². The summed E-state index contributed by atoms with van der Waals surface area (Å²) in [4.78, 5) is 17.5. The minimum absolute atomic E-state index is 0.0258. The summed E-state index contributed by atoms with van der Waals surface area (Å²) in [6.07, 6.45) is 1.58. The smallest absolute Gasteiger partial charge is 0.297 e. The number of piperazine rings is 1. The van der Waals surface area contributed by atoms with Gasteiger partial charge in [-0.2, -0.15) is 0 Å². The van der Waals surface area contributed by atoms with Crippen LogP contribution < -0.4 is 15.5 Å². The lowest BCUT2D eigenvalue weighted by Gasteiger charge is -2.25. The third-order valence-electron chi connectivity index (χ3n) is 4.77. The zero-order valence-corrected chi connectivity index (χ0v) is 17.9. The Kier molecular flexibility index (Phi) is 7.25. The van der Waals surface area contributed by atoms with E-state index in [1.165, 1.54) is 19.1 Å². The molecule has 1 fully saturated rings. The summed E-state index contributed by atoms with van der Waals surface area (Å²) in [5.41, 5.74) is 1.50. The van der Waals surface area contributed by atoms with Gasteiger partial charge in [0.05, 0.1) is 17.4 Å². The number of carbonyl (C=O) groups is 1. The van der Waals surface area contributed by atoms with E-state index in [2.05, 4.69) is 15.6 Å². The van der Waals surface area contributed by atoms with Gasteiger partial charge in [-0.25, -0.2) is 9.37 Å². The van der Waals surface area contributed by atoms with Gasteiger partial charge in [0.25, 0.3) is 6.01 Å². The Morgan fingerprint density at radius 3 is 2.58 bits per heavy atom. The van der Waals surface area contributed by atoms with Gasteiger partial charge in [0.1, 0.15) is 11.6 Å². The molecule has 0 radical (unpaired) electrons. The molecule has 164 valence electrons. The number of aromatic nitrogens is 1. The maximum atomic E-state index is 14.3. The zero-order chi connectivity index (χ0) is 22.4. The number of amides is 1. The molecule has 1 amide bonds. The van der Waals surface area contributed by atoms with Crippen molar-refractivity contribution in [3.8, 4) is 28.2 Å². The molecule has 3 N–H and O–H groups in total. The molecule has 31 heavy (non-hydrogen) atoms. The molecule has 3 aromatic rings. The lowest BCUT2D eigenvalue weighted by Crippen LogP contribution is -2.43. The van der Waals surface area contributed by atoms with E-state index >= 15 is 0 Å². The van der Waals surface area contributed by atoms with Gasteiger partial charge in [-0.15, -0.1) is 0 Å². The quantitative estimate of drug-likeness (QED) is 0.578. The van der Waals surface area contributed by atoms with Crippen LogP contribution in [0, 0.1) is 5.82 Å². The fourth-order valence-corrected chi connectivity index (χ4v) is 3.34. The van der Waals surface area contributed by atoms with E-state index in [0.29, 0.717) is 28.5 Å². The Hall–Kier alpha value is -3.39. The molecule has 2 aromatic carbocycles. The molecule has 0 saturated carbocycles. The number of phenols is 1. The number of carbonyl (C=O) groups excluding carboxylic acids is 1. The van der Waals surface area contributed by atoms with E-state index in [0.717, 1.165) is 26.2 Å². The van der Waals surface area contributed by atoms with Gasteiger partial charge in [-0.1, -0.05) is 32.0 Å². The highest BCUT2D eigenvalue weighted by Gasteiger charge is 2.19. The van der Waals surface area contributed by atoms with Crippen LogP contribution >= 0.6 is 0 Å². The van der Waals surface area contributed by atoms with Crippen molar-refractivity contribution < 1.29 is 18.7 Å². The van der Waals surface area contributed by atoms with Crippen LogP contribution in [0.2, 0.25) is 0 Å². The van der Waals surface area contributed by atoms with Crippen LogP contribution in [-0.2, 0) is 4.79 Å². The lowest BCUT2D eigenvalue weighted by molar-refractivity contribution is -0.114.